The topological polar surface area (TPSA) is 78.5 Å². The first-order valence-electron chi connectivity index (χ1n) is 4.99. The van der Waals surface area contributed by atoms with Crippen molar-refractivity contribution in [2.75, 3.05) is 0 Å². The highest BCUT2D eigenvalue weighted by Gasteiger charge is 2.12. The number of benzene rings is 1. The quantitative estimate of drug-likeness (QED) is 0.799. The summed E-state index contributed by atoms with van der Waals surface area (Å²) in [6, 6.07) is 5.29. The minimum atomic E-state index is -0.101. The predicted octanol–water partition coefficient (Wildman–Crippen LogP) is 2.39. The molecule has 2 rings (SSSR count). The Balaban J connectivity index is 0.00000144. The highest BCUT2D eigenvalue weighted by atomic mass is 79.9. The van der Waals surface area contributed by atoms with Crippen molar-refractivity contribution in [2.45, 2.75) is 13.8 Å². The SMILES string of the molecule is Br.CC(=O)c1cc2ccncc2cc1C(C)=O.O. The largest absolute Gasteiger partial charge is 0.412 e. The molecule has 1 aromatic carbocycles. The molecule has 0 amide bonds. The molecule has 0 atom stereocenters. The van der Waals surface area contributed by atoms with Crippen LogP contribution >= 0.6 is 17.0 Å². The van der Waals surface area contributed by atoms with Crippen molar-refractivity contribution in [3.8, 4) is 0 Å². The Hall–Kier alpha value is -1.59. The molecule has 0 aliphatic heterocycles. The van der Waals surface area contributed by atoms with Gasteiger partial charge in [-0.15, -0.1) is 17.0 Å². The lowest BCUT2D eigenvalue weighted by Gasteiger charge is -2.06. The third kappa shape index (κ3) is 3.00. The first-order valence-corrected chi connectivity index (χ1v) is 4.99. The van der Waals surface area contributed by atoms with Crippen LogP contribution in [-0.2, 0) is 0 Å². The van der Waals surface area contributed by atoms with E-state index in [1.165, 1.54) is 13.8 Å². The summed E-state index contributed by atoms with van der Waals surface area (Å²) in [5, 5.41) is 1.79. The molecule has 0 saturated carbocycles. The van der Waals surface area contributed by atoms with Crippen LogP contribution in [0.15, 0.2) is 30.6 Å². The molecular formula is C13H14BrNO3. The number of aromatic nitrogens is 1. The van der Waals surface area contributed by atoms with Crippen LogP contribution < -0.4 is 0 Å². The summed E-state index contributed by atoms with van der Waals surface area (Å²) >= 11 is 0. The van der Waals surface area contributed by atoms with E-state index in [2.05, 4.69) is 4.98 Å². The van der Waals surface area contributed by atoms with Crippen LogP contribution in [0.3, 0.4) is 0 Å². The molecule has 18 heavy (non-hydrogen) atoms. The smallest absolute Gasteiger partial charge is 0.160 e. The molecule has 5 heteroatoms. The Morgan fingerprint density at radius 2 is 1.50 bits per heavy atom. The number of ketones is 2. The predicted molar refractivity (Wildman–Crippen MR) is 75.7 cm³/mol. The third-order valence-electron chi connectivity index (χ3n) is 2.54. The molecule has 1 heterocycles. The molecule has 0 fully saturated rings. The summed E-state index contributed by atoms with van der Waals surface area (Å²) in [5.74, 6) is -0.195. The second kappa shape index (κ2) is 6.37. The Morgan fingerprint density at radius 3 is 2.00 bits per heavy atom. The fourth-order valence-electron chi connectivity index (χ4n) is 1.72. The van der Waals surface area contributed by atoms with Crippen molar-refractivity contribution in [3.05, 3.63) is 41.7 Å². The maximum absolute atomic E-state index is 11.4. The zero-order valence-corrected chi connectivity index (χ0v) is 11.8. The van der Waals surface area contributed by atoms with E-state index in [1.807, 2.05) is 6.07 Å². The van der Waals surface area contributed by atoms with E-state index in [0.717, 1.165) is 10.8 Å². The van der Waals surface area contributed by atoms with Crippen LogP contribution in [0.5, 0.6) is 0 Å². The van der Waals surface area contributed by atoms with Gasteiger partial charge in [0, 0.05) is 28.9 Å². The lowest BCUT2D eigenvalue weighted by molar-refractivity contribution is 0.0981. The van der Waals surface area contributed by atoms with E-state index in [1.54, 1.807) is 24.5 Å². The number of rotatable bonds is 2. The first kappa shape index (κ1) is 16.4. The number of pyridine rings is 1. The van der Waals surface area contributed by atoms with E-state index in [9.17, 15) is 9.59 Å². The van der Waals surface area contributed by atoms with Crippen molar-refractivity contribution >= 4 is 39.3 Å². The zero-order valence-electron chi connectivity index (χ0n) is 10.1. The summed E-state index contributed by atoms with van der Waals surface area (Å²) in [5.41, 5.74) is 0.944. The number of carbonyl (C=O) groups is 2. The molecule has 0 saturated heterocycles. The maximum atomic E-state index is 11.4. The summed E-state index contributed by atoms with van der Waals surface area (Å²) in [6.07, 6.45) is 3.35. The van der Waals surface area contributed by atoms with Gasteiger partial charge in [-0.1, -0.05) is 0 Å². The van der Waals surface area contributed by atoms with Crippen LogP contribution in [0.1, 0.15) is 34.6 Å². The van der Waals surface area contributed by atoms with Crippen LogP contribution in [0.25, 0.3) is 10.8 Å². The molecule has 1 aromatic heterocycles. The minimum Gasteiger partial charge on any atom is -0.412 e. The maximum Gasteiger partial charge on any atom is 0.160 e. The minimum absolute atomic E-state index is 0. The normalized spacial score (nSPS) is 9.22. The number of fused-ring (bicyclic) bond motifs is 1. The summed E-state index contributed by atoms with van der Waals surface area (Å²) in [7, 11) is 0. The fraction of sp³-hybridized carbons (Fsp3) is 0.154. The molecule has 96 valence electrons. The number of hydrogen-bond donors (Lipinski definition) is 0. The van der Waals surface area contributed by atoms with Crippen molar-refractivity contribution < 1.29 is 15.1 Å². The zero-order chi connectivity index (χ0) is 11.7. The van der Waals surface area contributed by atoms with Gasteiger partial charge >= 0.3 is 0 Å². The van der Waals surface area contributed by atoms with Crippen LogP contribution in [0.2, 0.25) is 0 Å². The molecule has 0 spiro atoms. The lowest BCUT2D eigenvalue weighted by atomic mass is 9.97. The Kier molecular flexibility index (Phi) is 5.81. The fourth-order valence-corrected chi connectivity index (χ4v) is 1.72. The van der Waals surface area contributed by atoms with Gasteiger partial charge in [-0.3, -0.25) is 14.6 Å². The van der Waals surface area contributed by atoms with E-state index < -0.39 is 0 Å². The average Bonchev–Trinajstić information content (AvgIpc) is 2.27. The molecule has 0 aliphatic carbocycles. The lowest BCUT2D eigenvalue weighted by Crippen LogP contribution is -2.04. The van der Waals surface area contributed by atoms with Gasteiger partial charge < -0.3 is 5.48 Å². The number of halogens is 1. The van der Waals surface area contributed by atoms with Gasteiger partial charge in [-0.05, 0) is 37.4 Å². The van der Waals surface area contributed by atoms with Gasteiger partial charge in [-0.2, -0.15) is 0 Å². The molecule has 0 bridgehead atoms. The average molecular weight is 312 g/mol. The Morgan fingerprint density at radius 1 is 1.00 bits per heavy atom. The van der Waals surface area contributed by atoms with Gasteiger partial charge in [0.05, 0.1) is 0 Å². The molecule has 0 unspecified atom stereocenters. The first-order chi connectivity index (χ1) is 7.59. The van der Waals surface area contributed by atoms with Gasteiger partial charge in [0.25, 0.3) is 0 Å². The molecule has 2 N–H and O–H groups in total. The highest BCUT2D eigenvalue weighted by molar-refractivity contribution is 8.93. The monoisotopic (exact) mass is 311 g/mol. The summed E-state index contributed by atoms with van der Waals surface area (Å²) in [6.45, 7) is 2.93. The summed E-state index contributed by atoms with van der Waals surface area (Å²) in [4.78, 5) is 26.9. The van der Waals surface area contributed by atoms with Crippen LogP contribution in [-0.4, -0.2) is 22.0 Å². The Bertz CT molecular complexity index is 543. The highest BCUT2D eigenvalue weighted by Crippen LogP contribution is 2.20. The van der Waals surface area contributed by atoms with Gasteiger partial charge in [-0.25, -0.2) is 0 Å². The van der Waals surface area contributed by atoms with Gasteiger partial charge in [0.15, 0.2) is 11.6 Å². The number of carbonyl (C=O) groups excluding carboxylic acids is 2. The third-order valence-corrected chi connectivity index (χ3v) is 2.54. The van der Waals surface area contributed by atoms with Crippen molar-refractivity contribution in [1.29, 1.82) is 0 Å². The summed E-state index contributed by atoms with van der Waals surface area (Å²) < 4.78 is 0. The van der Waals surface area contributed by atoms with E-state index in [4.69, 9.17) is 0 Å². The molecule has 2 aromatic rings. The Labute approximate surface area is 115 Å². The van der Waals surface area contributed by atoms with Crippen LogP contribution in [0, 0.1) is 0 Å². The molecule has 4 nitrogen and oxygen atoms in total. The van der Waals surface area contributed by atoms with Gasteiger partial charge in [0.2, 0.25) is 0 Å². The van der Waals surface area contributed by atoms with E-state index in [-0.39, 0.29) is 34.0 Å². The van der Waals surface area contributed by atoms with Gasteiger partial charge in [0.1, 0.15) is 0 Å². The standard InChI is InChI=1S/C13H11NO2.BrH.H2O/c1-8(15)12-5-10-3-4-14-7-11(10)6-13(12)9(2)16;;/h3-7H,1-2H3;1H;1H2. The number of Topliss-reactive ketones (excluding diaryl/α,β-unsaturated/α-hetero) is 2. The van der Waals surface area contributed by atoms with Crippen molar-refractivity contribution in [1.82, 2.24) is 4.98 Å². The molecule has 0 aliphatic rings. The van der Waals surface area contributed by atoms with E-state index >= 15 is 0 Å². The van der Waals surface area contributed by atoms with Crippen molar-refractivity contribution in [2.24, 2.45) is 0 Å². The second-order valence-corrected chi connectivity index (χ2v) is 3.73. The number of hydrogen-bond acceptors (Lipinski definition) is 3. The molecular weight excluding hydrogens is 298 g/mol. The van der Waals surface area contributed by atoms with Crippen LogP contribution in [0.4, 0.5) is 0 Å². The van der Waals surface area contributed by atoms with E-state index in [0.29, 0.717) is 11.1 Å². The van der Waals surface area contributed by atoms with Crippen molar-refractivity contribution in [3.63, 3.8) is 0 Å². The number of nitrogens with zero attached hydrogens (tertiary/aromatic N) is 1. The molecule has 0 radical (unpaired) electrons. The second-order valence-electron chi connectivity index (χ2n) is 3.73.